The molecule has 0 radical (unpaired) electrons. The minimum atomic E-state index is -0.0788. The lowest BCUT2D eigenvalue weighted by Gasteiger charge is -2.01. The summed E-state index contributed by atoms with van der Waals surface area (Å²) in [6, 6.07) is 16.1. The number of halogens is 1. The molecule has 4 atom stereocenters. The molecule has 8 heteroatoms. The van der Waals surface area contributed by atoms with E-state index in [9.17, 15) is 4.79 Å². The summed E-state index contributed by atoms with van der Waals surface area (Å²) < 4.78 is 5.87. The van der Waals surface area contributed by atoms with Gasteiger partial charge in [-0.15, -0.1) is 0 Å². The SMILES string of the molecule is C.C=Cc1ccc(C)cn1.CCOC(=O)[C@H]1C[C@@H]1c1ccc(C)cn1.Cc1ccc(Br)nc1.Cc1ccc([C@H]2C[C@@H]2CO)nc1. The molecule has 0 aliphatic heterocycles. The average molecular weight is 676 g/mol. The lowest BCUT2D eigenvalue weighted by molar-refractivity contribution is -0.144. The first-order chi connectivity index (χ1) is 21.1. The summed E-state index contributed by atoms with van der Waals surface area (Å²) in [6.07, 6.45) is 11.1. The van der Waals surface area contributed by atoms with Gasteiger partial charge in [0.15, 0.2) is 0 Å². The van der Waals surface area contributed by atoms with Gasteiger partial charge in [-0.3, -0.25) is 19.7 Å². The van der Waals surface area contributed by atoms with E-state index >= 15 is 0 Å². The van der Waals surface area contributed by atoms with Crippen molar-refractivity contribution in [3.8, 4) is 0 Å². The molecule has 2 aliphatic rings. The molecule has 2 saturated carbocycles. The minimum Gasteiger partial charge on any atom is -0.466 e. The highest BCUT2D eigenvalue weighted by atomic mass is 79.9. The van der Waals surface area contributed by atoms with E-state index in [4.69, 9.17) is 9.84 Å². The van der Waals surface area contributed by atoms with Crippen LogP contribution in [-0.4, -0.2) is 44.2 Å². The van der Waals surface area contributed by atoms with Gasteiger partial charge in [-0.05, 0) is 122 Å². The summed E-state index contributed by atoms with van der Waals surface area (Å²) in [5.41, 5.74) is 7.79. The molecule has 4 heterocycles. The number of pyridine rings is 4. The van der Waals surface area contributed by atoms with Crippen LogP contribution >= 0.6 is 15.9 Å². The normalized spacial score (nSPS) is 18.6. The van der Waals surface area contributed by atoms with Crippen molar-refractivity contribution in [2.45, 2.75) is 66.7 Å². The second-order valence-electron chi connectivity index (χ2n) is 11.1. The highest BCUT2D eigenvalue weighted by molar-refractivity contribution is 9.10. The molecule has 4 aromatic rings. The number of aliphatic hydroxyl groups is 1. The number of carbonyl (C=O) groups is 1. The summed E-state index contributed by atoms with van der Waals surface area (Å²) in [7, 11) is 0. The van der Waals surface area contributed by atoms with Gasteiger partial charge in [-0.2, -0.15) is 0 Å². The number of hydrogen-bond acceptors (Lipinski definition) is 7. The van der Waals surface area contributed by atoms with Crippen LogP contribution in [0.2, 0.25) is 0 Å². The average Bonchev–Trinajstić information content (AvgIpc) is 3.96. The Hall–Kier alpha value is -3.75. The summed E-state index contributed by atoms with van der Waals surface area (Å²) in [5, 5.41) is 8.86. The van der Waals surface area contributed by atoms with Crippen molar-refractivity contribution in [1.29, 1.82) is 0 Å². The zero-order valence-electron chi connectivity index (χ0n) is 26.3. The van der Waals surface area contributed by atoms with Gasteiger partial charge in [0.1, 0.15) is 4.60 Å². The Bertz CT molecular complexity index is 1420. The van der Waals surface area contributed by atoms with Crippen molar-refractivity contribution in [1.82, 2.24) is 19.9 Å². The van der Waals surface area contributed by atoms with E-state index in [1.807, 2.05) is 95.8 Å². The minimum absolute atomic E-state index is 0. The number of aromatic nitrogens is 4. The number of ether oxygens (including phenoxy) is 1. The summed E-state index contributed by atoms with van der Waals surface area (Å²) in [4.78, 5) is 28.1. The first-order valence-corrected chi connectivity index (χ1v) is 15.7. The highest BCUT2D eigenvalue weighted by Crippen LogP contribution is 2.47. The molecule has 0 spiro atoms. The van der Waals surface area contributed by atoms with Crippen molar-refractivity contribution in [3.63, 3.8) is 0 Å². The van der Waals surface area contributed by atoms with Gasteiger partial charge in [0.25, 0.3) is 0 Å². The van der Waals surface area contributed by atoms with Gasteiger partial charge in [0.2, 0.25) is 0 Å². The fourth-order valence-corrected chi connectivity index (χ4v) is 4.52. The van der Waals surface area contributed by atoms with E-state index < -0.39 is 0 Å². The fourth-order valence-electron chi connectivity index (χ4n) is 4.29. The monoisotopic (exact) mass is 674 g/mol. The van der Waals surface area contributed by atoms with Gasteiger partial charge in [-0.25, -0.2) is 4.98 Å². The summed E-state index contributed by atoms with van der Waals surface area (Å²) in [5.74, 6) is 1.24. The first kappa shape index (κ1) is 37.4. The molecule has 45 heavy (non-hydrogen) atoms. The van der Waals surface area contributed by atoms with Crippen LogP contribution in [0.1, 0.15) is 78.4 Å². The Labute approximate surface area is 277 Å². The number of nitrogens with zero attached hydrogens (tertiary/aromatic N) is 4. The fraction of sp³-hybridized carbons (Fsp3) is 0.378. The van der Waals surface area contributed by atoms with Gasteiger partial charge in [0.05, 0.1) is 18.2 Å². The third kappa shape index (κ3) is 13.0. The zero-order chi connectivity index (χ0) is 32.1. The van der Waals surface area contributed by atoms with E-state index in [-0.39, 0.29) is 25.2 Å². The van der Waals surface area contributed by atoms with E-state index in [2.05, 4.69) is 54.6 Å². The van der Waals surface area contributed by atoms with Crippen LogP contribution in [0.4, 0.5) is 0 Å². The molecule has 0 unspecified atom stereocenters. The summed E-state index contributed by atoms with van der Waals surface area (Å²) >= 11 is 3.23. The Morgan fingerprint density at radius 2 is 1.33 bits per heavy atom. The van der Waals surface area contributed by atoms with Crippen LogP contribution < -0.4 is 0 Å². The molecular formula is C37H47BrN4O3. The number of aliphatic hydroxyl groups excluding tert-OH is 1. The Kier molecular flexibility index (Phi) is 15.7. The molecule has 240 valence electrons. The zero-order valence-corrected chi connectivity index (χ0v) is 27.9. The second kappa shape index (κ2) is 18.9. The van der Waals surface area contributed by atoms with Crippen LogP contribution in [0.15, 0.2) is 84.5 Å². The quantitative estimate of drug-likeness (QED) is 0.162. The predicted molar refractivity (Wildman–Crippen MR) is 186 cm³/mol. The molecule has 4 aromatic heterocycles. The molecule has 0 saturated heterocycles. The van der Waals surface area contributed by atoms with Crippen molar-refractivity contribution in [3.05, 3.63) is 124 Å². The molecule has 2 aliphatic carbocycles. The van der Waals surface area contributed by atoms with Gasteiger partial charge < -0.3 is 9.84 Å². The van der Waals surface area contributed by atoms with Crippen molar-refractivity contribution in [2.24, 2.45) is 11.8 Å². The van der Waals surface area contributed by atoms with E-state index in [1.165, 1.54) is 16.7 Å². The topological polar surface area (TPSA) is 98.1 Å². The molecule has 7 nitrogen and oxygen atoms in total. The lowest BCUT2D eigenvalue weighted by Crippen LogP contribution is -2.07. The van der Waals surface area contributed by atoms with Crippen LogP contribution in [0.5, 0.6) is 0 Å². The molecular weight excluding hydrogens is 628 g/mol. The van der Waals surface area contributed by atoms with Crippen molar-refractivity contribution >= 4 is 28.0 Å². The number of hydrogen-bond donors (Lipinski definition) is 1. The Morgan fingerprint density at radius 1 is 0.822 bits per heavy atom. The number of rotatable bonds is 6. The van der Waals surface area contributed by atoms with Crippen LogP contribution in [0.25, 0.3) is 6.08 Å². The molecule has 0 aromatic carbocycles. The van der Waals surface area contributed by atoms with E-state index in [1.54, 1.807) is 6.08 Å². The smallest absolute Gasteiger partial charge is 0.309 e. The number of aryl methyl sites for hydroxylation is 4. The number of esters is 1. The Balaban J connectivity index is 0.000000214. The molecule has 2 fully saturated rings. The standard InChI is InChI=1S/C12H15NO2.C10H13NO.C8H9N.C6H6BrN.CH4/c1-3-15-12(14)10-6-9(10)11-5-4-8(2)7-13-11;1-7-2-3-10(11-5-7)9-4-8(9)6-12;1-3-8-5-4-7(2)6-9-8;1-5-2-3-6(7)8-4-5;/h4-5,7,9-10H,3,6H2,1-2H3;2-3,5,8-9,12H,4,6H2,1H3;3-6H,1H2,2H3;2-4H,1H3;1H4/t9-,10-;8-,9+;;;/m01.../s1. The Morgan fingerprint density at radius 3 is 1.71 bits per heavy atom. The maximum atomic E-state index is 11.4. The first-order valence-electron chi connectivity index (χ1n) is 14.9. The van der Waals surface area contributed by atoms with Gasteiger partial charge in [0, 0.05) is 54.6 Å². The van der Waals surface area contributed by atoms with Gasteiger partial charge >= 0.3 is 5.97 Å². The van der Waals surface area contributed by atoms with Crippen molar-refractivity contribution in [2.75, 3.05) is 13.2 Å². The predicted octanol–water partition coefficient (Wildman–Crippen LogP) is 8.36. The van der Waals surface area contributed by atoms with E-state index in [0.717, 1.165) is 40.1 Å². The highest BCUT2D eigenvalue weighted by Gasteiger charge is 2.46. The molecule has 0 bridgehead atoms. The summed E-state index contributed by atoms with van der Waals surface area (Å²) in [6.45, 7) is 14.3. The third-order valence-electron chi connectivity index (χ3n) is 7.18. The van der Waals surface area contributed by atoms with Gasteiger partial charge in [-0.1, -0.05) is 38.3 Å². The number of carbonyl (C=O) groups excluding carboxylic acids is 1. The lowest BCUT2D eigenvalue weighted by atomic mass is 10.2. The van der Waals surface area contributed by atoms with Crippen LogP contribution in [0, 0.1) is 39.5 Å². The van der Waals surface area contributed by atoms with Crippen molar-refractivity contribution < 1.29 is 14.6 Å². The largest absolute Gasteiger partial charge is 0.466 e. The molecule has 6 rings (SSSR count). The van der Waals surface area contributed by atoms with Crippen LogP contribution in [-0.2, 0) is 9.53 Å². The third-order valence-corrected chi connectivity index (χ3v) is 7.65. The maximum absolute atomic E-state index is 11.4. The molecule has 0 amide bonds. The van der Waals surface area contributed by atoms with Crippen LogP contribution in [0.3, 0.4) is 0 Å². The van der Waals surface area contributed by atoms with E-state index in [0.29, 0.717) is 25.0 Å². The molecule has 1 N–H and O–H groups in total. The maximum Gasteiger partial charge on any atom is 0.309 e. The second-order valence-corrected chi connectivity index (χ2v) is 11.9.